The van der Waals surface area contributed by atoms with Gasteiger partial charge in [0, 0.05) is 31.8 Å². The van der Waals surface area contributed by atoms with Crippen LogP contribution in [-0.4, -0.2) is 46.6 Å². The molecular formula is C17H23N3O5. The molecule has 1 aromatic rings. The van der Waals surface area contributed by atoms with Crippen molar-refractivity contribution in [3.05, 3.63) is 39.9 Å². The molecule has 8 nitrogen and oxygen atoms in total. The Balaban J connectivity index is 1.60. The van der Waals surface area contributed by atoms with E-state index in [0.717, 1.165) is 24.8 Å². The summed E-state index contributed by atoms with van der Waals surface area (Å²) in [4.78, 5) is 34.7. The molecule has 0 aromatic heterocycles. The summed E-state index contributed by atoms with van der Waals surface area (Å²) in [7, 11) is 0. The minimum absolute atomic E-state index is 0.0858. The molecule has 0 spiro atoms. The van der Waals surface area contributed by atoms with E-state index < -0.39 is 10.9 Å². The molecule has 2 N–H and O–H groups in total. The lowest BCUT2D eigenvalue weighted by molar-refractivity contribution is -0.384. The van der Waals surface area contributed by atoms with Gasteiger partial charge in [-0.3, -0.25) is 14.9 Å². The molecule has 1 aromatic carbocycles. The van der Waals surface area contributed by atoms with E-state index in [9.17, 15) is 19.7 Å². The monoisotopic (exact) mass is 349 g/mol. The molecule has 0 saturated carbocycles. The van der Waals surface area contributed by atoms with Crippen LogP contribution in [0.1, 0.15) is 31.2 Å². The number of carboxylic acids is 1. The van der Waals surface area contributed by atoms with Crippen LogP contribution in [-0.2, 0) is 11.2 Å². The minimum Gasteiger partial charge on any atom is -0.481 e. The number of benzene rings is 1. The van der Waals surface area contributed by atoms with Gasteiger partial charge < -0.3 is 15.3 Å². The Morgan fingerprint density at radius 1 is 1.20 bits per heavy atom. The topological polar surface area (TPSA) is 113 Å². The van der Waals surface area contributed by atoms with Crippen LogP contribution in [0.5, 0.6) is 0 Å². The smallest absolute Gasteiger partial charge is 0.317 e. The first-order valence-corrected chi connectivity index (χ1v) is 8.46. The van der Waals surface area contributed by atoms with Crippen LogP contribution in [0.2, 0.25) is 0 Å². The second-order valence-electron chi connectivity index (χ2n) is 6.21. The molecule has 0 radical (unpaired) electrons. The van der Waals surface area contributed by atoms with Crippen molar-refractivity contribution in [2.24, 2.45) is 5.92 Å². The van der Waals surface area contributed by atoms with E-state index in [2.05, 4.69) is 5.32 Å². The molecule has 1 saturated heterocycles. The summed E-state index contributed by atoms with van der Waals surface area (Å²) < 4.78 is 0. The number of nitrogens with one attached hydrogen (secondary N) is 1. The Morgan fingerprint density at radius 2 is 1.84 bits per heavy atom. The Labute approximate surface area is 146 Å². The van der Waals surface area contributed by atoms with Crippen molar-refractivity contribution in [3.8, 4) is 0 Å². The van der Waals surface area contributed by atoms with Crippen LogP contribution < -0.4 is 5.32 Å². The Bertz CT molecular complexity index is 609. The van der Waals surface area contributed by atoms with Crippen molar-refractivity contribution in [1.29, 1.82) is 0 Å². The number of unbranched alkanes of at least 4 members (excludes halogenated alkanes) is 1. The van der Waals surface area contributed by atoms with Gasteiger partial charge in [-0.15, -0.1) is 0 Å². The van der Waals surface area contributed by atoms with E-state index >= 15 is 0 Å². The Morgan fingerprint density at radius 3 is 2.40 bits per heavy atom. The number of rotatable bonds is 7. The summed E-state index contributed by atoms with van der Waals surface area (Å²) in [6.45, 7) is 1.52. The molecule has 0 aliphatic carbocycles. The van der Waals surface area contributed by atoms with Crippen molar-refractivity contribution >= 4 is 17.7 Å². The maximum absolute atomic E-state index is 12.0. The third-order valence-electron chi connectivity index (χ3n) is 4.45. The van der Waals surface area contributed by atoms with Gasteiger partial charge in [0.05, 0.1) is 10.8 Å². The van der Waals surface area contributed by atoms with Crippen LogP contribution in [0.3, 0.4) is 0 Å². The summed E-state index contributed by atoms with van der Waals surface area (Å²) in [5, 5.41) is 22.4. The zero-order valence-electron chi connectivity index (χ0n) is 14.0. The molecule has 25 heavy (non-hydrogen) atoms. The lowest BCUT2D eigenvalue weighted by atomic mass is 9.97. The summed E-state index contributed by atoms with van der Waals surface area (Å²) in [5.74, 6) is -1.13. The number of hydrogen-bond donors (Lipinski definition) is 2. The molecule has 0 unspecified atom stereocenters. The standard InChI is InChI=1S/C17H23N3O5/c21-16(22)14-8-11-19(12-9-14)17(23)18-10-2-1-3-13-4-6-15(7-5-13)20(24)25/h4-7,14H,1-3,8-12H2,(H,18,23)(H,21,22). The first-order chi connectivity index (χ1) is 12.0. The predicted octanol–water partition coefficient (Wildman–Crippen LogP) is 2.42. The molecule has 1 fully saturated rings. The molecule has 8 heteroatoms. The summed E-state index contributed by atoms with van der Waals surface area (Å²) in [6.07, 6.45) is 3.50. The molecule has 0 bridgehead atoms. The normalized spacial score (nSPS) is 15.0. The molecule has 2 rings (SSSR count). The number of non-ortho nitro benzene ring substituents is 1. The van der Waals surface area contributed by atoms with Crippen molar-refractivity contribution < 1.29 is 19.6 Å². The zero-order valence-corrected chi connectivity index (χ0v) is 14.0. The van der Waals surface area contributed by atoms with E-state index in [1.165, 1.54) is 12.1 Å². The third kappa shape index (κ3) is 5.74. The van der Waals surface area contributed by atoms with Gasteiger partial charge in [0.1, 0.15) is 0 Å². The van der Waals surface area contributed by atoms with Crippen LogP contribution in [0, 0.1) is 16.0 Å². The number of aryl methyl sites for hydroxylation is 1. The highest BCUT2D eigenvalue weighted by Crippen LogP contribution is 2.17. The van der Waals surface area contributed by atoms with Crippen LogP contribution in [0.4, 0.5) is 10.5 Å². The summed E-state index contributed by atoms with van der Waals surface area (Å²) in [5.41, 5.74) is 1.12. The number of carboxylic acid groups (broad SMARTS) is 1. The number of likely N-dealkylation sites (tertiary alicyclic amines) is 1. The van der Waals surface area contributed by atoms with E-state index in [-0.39, 0.29) is 17.6 Å². The van der Waals surface area contributed by atoms with Crippen LogP contribution >= 0.6 is 0 Å². The number of amides is 2. The van der Waals surface area contributed by atoms with E-state index in [1.807, 2.05) is 0 Å². The fourth-order valence-corrected chi connectivity index (χ4v) is 2.88. The summed E-state index contributed by atoms with van der Waals surface area (Å²) in [6, 6.07) is 6.36. The van der Waals surface area contributed by atoms with Crippen molar-refractivity contribution in [3.63, 3.8) is 0 Å². The number of aliphatic carboxylic acids is 1. The highest BCUT2D eigenvalue weighted by atomic mass is 16.6. The number of nitro benzene ring substituents is 1. The maximum Gasteiger partial charge on any atom is 0.317 e. The number of urea groups is 1. The molecular weight excluding hydrogens is 326 g/mol. The van der Waals surface area contributed by atoms with Gasteiger partial charge in [-0.25, -0.2) is 4.79 Å². The Hall–Kier alpha value is -2.64. The second-order valence-corrected chi connectivity index (χ2v) is 6.21. The van der Waals surface area contributed by atoms with E-state index in [0.29, 0.717) is 32.5 Å². The predicted molar refractivity (Wildman–Crippen MR) is 91.4 cm³/mol. The van der Waals surface area contributed by atoms with Gasteiger partial charge in [-0.05, 0) is 37.7 Å². The first-order valence-electron chi connectivity index (χ1n) is 8.46. The SMILES string of the molecule is O=C(O)C1CCN(C(=O)NCCCCc2ccc([N+](=O)[O-])cc2)CC1. The van der Waals surface area contributed by atoms with Crippen molar-refractivity contribution in [1.82, 2.24) is 10.2 Å². The number of carbonyl (C=O) groups excluding carboxylic acids is 1. The lowest BCUT2D eigenvalue weighted by Gasteiger charge is -2.30. The highest BCUT2D eigenvalue weighted by Gasteiger charge is 2.26. The Kier molecular flexibility index (Phi) is 6.73. The maximum atomic E-state index is 12.0. The number of piperidine rings is 1. The van der Waals surface area contributed by atoms with Crippen molar-refractivity contribution in [2.75, 3.05) is 19.6 Å². The fourth-order valence-electron chi connectivity index (χ4n) is 2.88. The minimum atomic E-state index is -0.786. The second kappa shape index (κ2) is 9.00. The van der Waals surface area contributed by atoms with Gasteiger partial charge in [0.25, 0.3) is 5.69 Å². The van der Waals surface area contributed by atoms with Crippen LogP contribution in [0.25, 0.3) is 0 Å². The van der Waals surface area contributed by atoms with Gasteiger partial charge in [-0.2, -0.15) is 0 Å². The molecule has 1 aliphatic rings. The molecule has 136 valence electrons. The largest absolute Gasteiger partial charge is 0.481 e. The van der Waals surface area contributed by atoms with Crippen molar-refractivity contribution in [2.45, 2.75) is 32.1 Å². The molecule has 1 heterocycles. The number of hydrogen-bond acceptors (Lipinski definition) is 4. The summed E-state index contributed by atoms with van der Waals surface area (Å²) >= 11 is 0. The molecule has 0 atom stereocenters. The fraction of sp³-hybridized carbons (Fsp3) is 0.529. The van der Waals surface area contributed by atoms with E-state index in [4.69, 9.17) is 5.11 Å². The van der Waals surface area contributed by atoms with Gasteiger partial charge in [0.15, 0.2) is 0 Å². The first kappa shape index (κ1) is 18.7. The van der Waals surface area contributed by atoms with Crippen LogP contribution in [0.15, 0.2) is 24.3 Å². The average Bonchev–Trinajstić information content (AvgIpc) is 2.61. The third-order valence-corrected chi connectivity index (χ3v) is 4.45. The van der Waals surface area contributed by atoms with Gasteiger partial charge >= 0.3 is 12.0 Å². The molecule has 2 amide bonds. The quantitative estimate of drug-likeness (QED) is 0.446. The average molecular weight is 349 g/mol. The molecule has 1 aliphatic heterocycles. The van der Waals surface area contributed by atoms with E-state index in [1.54, 1.807) is 17.0 Å². The number of carbonyl (C=O) groups is 2. The number of nitro groups is 1. The lowest BCUT2D eigenvalue weighted by Crippen LogP contribution is -2.45. The zero-order chi connectivity index (χ0) is 18.2. The highest BCUT2D eigenvalue weighted by molar-refractivity contribution is 5.75. The number of nitrogens with zero attached hydrogens (tertiary/aromatic N) is 2. The van der Waals surface area contributed by atoms with Gasteiger partial charge in [0.2, 0.25) is 0 Å². The van der Waals surface area contributed by atoms with Gasteiger partial charge in [-0.1, -0.05) is 12.1 Å².